The minimum atomic E-state index is -0.923. The molecule has 164 valence electrons. The zero-order valence-electron chi connectivity index (χ0n) is 16.4. The number of hydrogen-bond acceptors (Lipinski definition) is 8. The van der Waals surface area contributed by atoms with E-state index in [1.165, 1.54) is 9.70 Å². The molecule has 0 saturated heterocycles. The fraction of sp³-hybridized carbons (Fsp3) is 0.250. The van der Waals surface area contributed by atoms with Crippen molar-refractivity contribution in [3.8, 4) is 5.75 Å². The number of tetrazole rings is 1. The van der Waals surface area contributed by atoms with Gasteiger partial charge >= 0.3 is 0 Å². The molecule has 32 heavy (non-hydrogen) atoms. The number of carbonyl (C=O) groups excluding carboxylic acids is 2. The van der Waals surface area contributed by atoms with Crippen LogP contribution in [0, 0.1) is 0 Å². The Labute approximate surface area is 182 Å². The summed E-state index contributed by atoms with van der Waals surface area (Å²) in [5.74, 6) is -0.610. The van der Waals surface area contributed by atoms with Crippen molar-refractivity contribution in [3.63, 3.8) is 0 Å². The average molecular weight is 435 g/mol. The van der Waals surface area contributed by atoms with Gasteiger partial charge in [0.2, 0.25) is 0 Å². The van der Waals surface area contributed by atoms with Gasteiger partial charge in [-0.2, -0.15) is 20.2 Å². The summed E-state index contributed by atoms with van der Waals surface area (Å²) in [5, 5.41) is 25.0. The molecule has 1 aliphatic rings. The molecule has 0 unspecified atom stereocenters. The summed E-state index contributed by atoms with van der Waals surface area (Å²) in [5.41, 5.74) is 2.72. The Morgan fingerprint density at radius 2 is 1.97 bits per heavy atom. The first-order valence-corrected chi connectivity index (χ1v) is 9.46. The smallest absolute Gasteiger partial charge is 0.293 e. The third-order valence-electron chi connectivity index (χ3n) is 4.92. The number of likely N-dealkylation sites (N-methyl/N-ethyl adjacent to an activating group) is 1. The van der Waals surface area contributed by atoms with E-state index in [-0.39, 0.29) is 25.8 Å². The summed E-state index contributed by atoms with van der Waals surface area (Å²) in [7, 11) is 1.61. The van der Waals surface area contributed by atoms with Crippen molar-refractivity contribution in [3.05, 3.63) is 53.9 Å². The minimum Gasteiger partial charge on any atom is -0.489 e. The van der Waals surface area contributed by atoms with Crippen LogP contribution in [0.2, 0.25) is 0 Å². The van der Waals surface area contributed by atoms with E-state index in [9.17, 15) is 9.59 Å². The van der Waals surface area contributed by atoms with E-state index in [4.69, 9.17) is 4.74 Å². The summed E-state index contributed by atoms with van der Waals surface area (Å²) in [6.07, 6.45) is 0. The third-order valence-corrected chi connectivity index (χ3v) is 4.92. The molecule has 2 aromatic carbocycles. The molecule has 12 heteroatoms. The number of aromatic nitrogens is 7. The van der Waals surface area contributed by atoms with Crippen molar-refractivity contribution >= 4 is 28.5 Å². The second-order valence-corrected chi connectivity index (χ2v) is 7.00. The molecular formula is C20H21N9O3. The van der Waals surface area contributed by atoms with E-state index >= 15 is 0 Å². The molecule has 2 N–H and O–H groups in total. The maximum Gasteiger partial charge on any atom is 0.293 e. The van der Waals surface area contributed by atoms with Crippen LogP contribution in [0.3, 0.4) is 0 Å². The molecule has 0 spiro atoms. The summed E-state index contributed by atoms with van der Waals surface area (Å²) in [6.45, 7) is 0.323. The third kappa shape index (κ3) is 3.85. The number of H-pyrrole nitrogens is 1. The van der Waals surface area contributed by atoms with E-state index < -0.39 is 11.9 Å². The fourth-order valence-corrected chi connectivity index (χ4v) is 3.31. The zero-order chi connectivity index (χ0) is 21.4. The summed E-state index contributed by atoms with van der Waals surface area (Å²) < 4.78 is 5.78. The second-order valence-electron chi connectivity index (χ2n) is 7.00. The van der Waals surface area contributed by atoms with Crippen LogP contribution in [0.15, 0.2) is 42.5 Å². The van der Waals surface area contributed by atoms with Crippen molar-refractivity contribution in [2.75, 3.05) is 18.6 Å². The van der Waals surface area contributed by atoms with Gasteiger partial charge in [0.25, 0.3) is 17.6 Å². The number of nitrogens with zero attached hydrogens (tertiary/aromatic N) is 7. The lowest BCUT2D eigenvalue weighted by Crippen LogP contribution is -2.49. The van der Waals surface area contributed by atoms with Gasteiger partial charge in [-0.25, -0.2) is 0 Å². The molecule has 12 nitrogen and oxygen atoms in total. The molecule has 0 fully saturated rings. The standard InChI is InChI=1S/C19H17N9O3.CH4/c1-27-15-7-12-13(22-25-21-12)8-16(15)31-10-14(19(27)30)20-18(29)17-23-26-28(24-17)9-11-5-3-2-4-6-11;/h2-8,14H,9-10H2,1H3,(H,20,29)(H,21,22,25);1H4/t14-;/m0./s1. The summed E-state index contributed by atoms with van der Waals surface area (Å²) >= 11 is 0. The van der Waals surface area contributed by atoms with Crippen LogP contribution in [0.1, 0.15) is 23.6 Å². The Morgan fingerprint density at radius 1 is 1.22 bits per heavy atom. The molecule has 0 saturated carbocycles. The number of fused-ring (bicyclic) bond motifs is 2. The van der Waals surface area contributed by atoms with Crippen molar-refractivity contribution < 1.29 is 14.3 Å². The van der Waals surface area contributed by atoms with Crippen molar-refractivity contribution in [1.29, 1.82) is 0 Å². The number of amides is 2. The van der Waals surface area contributed by atoms with Crippen molar-refractivity contribution in [2.45, 2.75) is 20.0 Å². The molecule has 4 aromatic rings. The number of nitrogens with one attached hydrogen (secondary N) is 2. The van der Waals surface area contributed by atoms with Gasteiger partial charge in [-0.05, 0) is 16.8 Å². The number of anilines is 1. The van der Waals surface area contributed by atoms with Crippen LogP contribution in [0.5, 0.6) is 5.75 Å². The van der Waals surface area contributed by atoms with E-state index in [0.29, 0.717) is 29.0 Å². The highest BCUT2D eigenvalue weighted by Gasteiger charge is 2.32. The maximum absolute atomic E-state index is 12.9. The molecule has 0 aliphatic carbocycles. The lowest BCUT2D eigenvalue weighted by molar-refractivity contribution is -0.120. The van der Waals surface area contributed by atoms with Crippen LogP contribution in [0.25, 0.3) is 11.0 Å². The highest BCUT2D eigenvalue weighted by atomic mass is 16.5. The number of carbonyl (C=O) groups is 2. The molecule has 0 radical (unpaired) electrons. The molecule has 3 heterocycles. The highest BCUT2D eigenvalue weighted by molar-refractivity contribution is 6.03. The maximum atomic E-state index is 12.9. The van der Waals surface area contributed by atoms with Gasteiger partial charge < -0.3 is 15.0 Å². The lowest BCUT2D eigenvalue weighted by atomic mass is 10.2. The normalized spacial score (nSPS) is 15.5. The Balaban J connectivity index is 0.00000245. The Bertz CT molecular complexity index is 1270. The van der Waals surface area contributed by atoms with Crippen LogP contribution >= 0.6 is 0 Å². The van der Waals surface area contributed by atoms with Gasteiger partial charge in [-0.15, -0.1) is 10.2 Å². The van der Waals surface area contributed by atoms with E-state index in [1.54, 1.807) is 19.2 Å². The number of hydrogen-bond donors (Lipinski definition) is 2. The van der Waals surface area contributed by atoms with Crippen molar-refractivity contribution in [1.82, 2.24) is 40.9 Å². The summed E-state index contributed by atoms with van der Waals surface area (Å²) in [4.78, 5) is 28.3. The molecule has 2 amide bonds. The zero-order valence-corrected chi connectivity index (χ0v) is 16.4. The molecule has 5 rings (SSSR count). The summed E-state index contributed by atoms with van der Waals surface area (Å²) in [6, 6.07) is 12.0. The van der Waals surface area contributed by atoms with Gasteiger partial charge in [0.1, 0.15) is 29.4 Å². The lowest BCUT2D eigenvalue weighted by Gasteiger charge is -2.19. The monoisotopic (exact) mass is 435 g/mol. The molecule has 1 atom stereocenters. The van der Waals surface area contributed by atoms with E-state index in [0.717, 1.165) is 5.56 Å². The molecule has 1 aliphatic heterocycles. The first kappa shape index (κ1) is 20.9. The Morgan fingerprint density at radius 3 is 2.75 bits per heavy atom. The van der Waals surface area contributed by atoms with E-state index in [1.807, 2.05) is 30.3 Å². The van der Waals surface area contributed by atoms with Gasteiger partial charge in [-0.3, -0.25) is 9.59 Å². The Kier molecular flexibility index (Phi) is 5.50. The highest BCUT2D eigenvalue weighted by Crippen LogP contribution is 2.33. The predicted octanol–water partition coefficient (Wildman–Crippen LogP) is 0.783. The number of rotatable bonds is 4. The minimum absolute atomic E-state index is 0. The SMILES string of the molecule is C.CN1C(=O)[C@@H](NC(=O)c2nnn(Cc3ccccc3)n2)COc2cc3n[nH]nc3cc21. The van der Waals surface area contributed by atoms with Crippen molar-refractivity contribution in [2.24, 2.45) is 0 Å². The number of aromatic amines is 1. The van der Waals surface area contributed by atoms with Gasteiger partial charge in [0.05, 0.1) is 12.2 Å². The average Bonchev–Trinajstić information content (AvgIpc) is 3.42. The quantitative estimate of drug-likeness (QED) is 0.479. The van der Waals surface area contributed by atoms with E-state index in [2.05, 4.69) is 36.1 Å². The first-order chi connectivity index (χ1) is 15.1. The molecule has 0 bridgehead atoms. The number of ether oxygens (including phenoxy) is 1. The predicted molar refractivity (Wildman–Crippen MR) is 114 cm³/mol. The van der Waals surface area contributed by atoms with Crippen LogP contribution in [-0.4, -0.2) is 67.1 Å². The first-order valence-electron chi connectivity index (χ1n) is 9.46. The Hall–Kier alpha value is -4.35. The van der Waals surface area contributed by atoms with Gasteiger partial charge in [0, 0.05) is 13.1 Å². The van der Waals surface area contributed by atoms with Crippen LogP contribution in [0.4, 0.5) is 5.69 Å². The topological polar surface area (TPSA) is 144 Å². The largest absolute Gasteiger partial charge is 0.489 e. The molecular weight excluding hydrogens is 414 g/mol. The van der Waals surface area contributed by atoms with Gasteiger partial charge in [-0.1, -0.05) is 37.8 Å². The fourth-order valence-electron chi connectivity index (χ4n) is 3.31. The van der Waals surface area contributed by atoms with Crippen LogP contribution in [-0.2, 0) is 11.3 Å². The second kappa shape index (κ2) is 8.41. The molecule has 2 aromatic heterocycles. The van der Waals surface area contributed by atoms with Gasteiger partial charge in [0.15, 0.2) is 0 Å². The number of benzene rings is 2. The van der Waals surface area contributed by atoms with Crippen LogP contribution < -0.4 is 15.0 Å².